The Morgan fingerprint density at radius 3 is 2.31 bits per heavy atom. The molecule has 0 aliphatic rings. The Bertz CT molecular complexity index is 1910. The number of imidazole rings is 1. The molecule has 0 radical (unpaired) electrons. The van der Waals surface area contributed by atoms with Crippen molar-refractivity contribution in [3.63, 3.8) is 0 Å². The third kappa shape index (κ3) is 5.05. The summed E-state index contributed by atoms with van der Waals surface area (Å²) >= 11 is 18.7. The summed E-state index contributed by atoms with van der Waals surface area (Å²) in [6.07, 6.45) is 3.97. The van der Waals surface area contributed by atoms with E-state index in [2.05, 4.69) is 33.5 Å². The van der Waals surface area contributed by atoms with Crippen molar-refractivity contribution in [3.05, 3.63) is 135 Å². The molecule has 2 aromatic heterocycles. The Morgan fingerprint density at radius 2 is 1.54 bits per heavy atom. The van der Waals surface area contributed by atoms with Gasteiger partial charge in [-0.05, 0) is 59.7 Å². The van der Waals surface area contributed by atoms with Gasteiger partial charge in [0.05, 0.1) is 16.6 Å². The minimum absolute atomic E-state index is 0.479. The summed E-state index contributed by atoms with van der Waals surface area (Å²) in [5, 5.41) is 13.3. The van der Waals surface area contributed by atoms with Gasteiger partial charge in [-0.25, -0.2) is 4.98 Å². The molecule has 0 unspecified atom stereocenters. The molecule has 0 fully saturated rings. The first-order valence-corrected chi connectivity index (χ1v) is 13.5. The van der Waals surface area contributed by atoms with Crippen LogP contribution in [0.25, 0.3) is 33.6 Å². The molecule has 6 aromatic rings. The third-order valence-corrected chi connectivity index (χ3v) is 7.58. The lowest BCUT2D eigenvalue weighted by molar-refractivity contribution is 0.811. The van der Waals surface area contributed by atoms with E-state index in [0.29, 0.717) is 39.6 Å². The lowest BCUT2D eigenvalue weighted by Crippen LogP contribution is -2.04. The van der Waals surface area contributed by atoms with Crippen molar-refractivity contribution in [1.29, 1.82) is 5.26 Å². The first-order chi connectivity index (χ1) is 19.0. The van der Waals surface area contributed by atoms with E-state index in [9.17, 15) is 5.26 Å². The van der Waals surface area contributed by atoms with Crippen LogP contribution in [0.5, 0.6) is 0 Å². The summed E-state index contributed by atoms with van der Waals surface area (Å²) in [6, 6.07) is 31.7. The van der Waals surface area contributed by atoms with Crippen LogP contribution < -0.4 is 0 Å². The number of allylic oxidation sites excluding steroid dienone is 1. The highest BCUT2D eigenvalue weighted by Gasteiger charge is 2.17. The number of aromatic nitrogens is 3. The van der Waals surface area contributed by atoms with Crippen molar-refractivity contribution in [2.45, 2.75) is 13.1 Å². The maximum absolute atomic E-state index is 10.3. The zero-order chi connectivity index (χ0) is 26.9. The normalized spacial score (nSPS) is 11.8. The van der Waals surface area contributed by atoms with E-state index in [1.807, 2.05) is 78.9 Å². The lowest BCUT2D eigenvalue weighted by Gasteiger charge is -2.09. The van der Waals surface area contributed by atoms with Gasteiger partial charge >= 0.3 is 0 Å². The topological polar surface area (TPSA) is 46.5 Å². The van der Waals surface area contributed by atoms with Crippen LogP contribution in [0.4, 0.5) is 0 Å². The summed E-state index contributed by atoms with van der Waals surface area (Å²) in [7, 11) is 0. The van der Waals surface area contributed by atoms with Crippen LogP contribution in [0.2, 0.25) is 15.1 Å². The second kappa shape index (κ2) is 10.6. The van der Waals surface area contributed by atoms with E-state index in [4.69, 9.17) is 39.8 Å². The average molecular weight is 568 g/mol. The monoisotopic (exact) mass is 566 g/mol. The molecule has 0 aliphatic carbocycles. The quantitative estimate of drug-likeness (QED) is 0.188. The summed E-state index contributed by atoms with van der Waals surface area (Å²) in [5.41, 5.74) is 6.28. The third-order valence-electron chi connectivity index (χ3n) is 6.74. The zero-order valence-electron chi connectivity index (χ0n) is 20.7. The number of hydrogen-bond acceptors (Lipinski definition) is 2. The van der Waals surface area contributed by atoms with Crippen LogP contribution >= 0.6 is 34.8 Å². The Hall–Kier alpha value is -4.01. The summed E-state index contributed by atoms with van der Waals surface area (Å²) in [5.74, 6) is 0.617. The van der Waals surface area contributed by atoms with Gasteiger partial charge in [-0.1, -0.05) is 83.3 Å². The predicted octanol–water partition coefficient (Wildman–Crippen LogP) is 9.11. The van der Waals surface area contributed by atoms with E-state index < -0.39 is 0 Å². The van der Waals surface area contributed by atoms with Gasteiger partial charge in [-0.2, -0.15) is 5.26 Å². The first-order valence-electron chi connectivity index (χ1n) is 12.3. The van der Waals surface area contributed by atoms with E-state index in [1.54, 1.807) is 6.07 Å². The molecule has 0 saturated heterocycles. The SMILES string of the molecule is N#C/C(=C\c1cn(Cc2ccc(Cl)cc2Cl)c2ccccc12)c1nc2ccccc2n1Cc1ccc(Cl)cc1. The molecule has 4 aromatic carbocycles. The van der Waals surface area contributed by atoms with Crippen molar-refractivity contribution >= 4 is 68.4 Å². The lowest BCUT2D eigenvalue weighted by atomic mass is 10.1. The van der Waals surface area contributed by atoms with E-state index >= 15 is 0 Å². The molecule has 2 heterocycles. The molecule has 39 heavy (non-hydrogen) atoms. The number of nitriles is 1. The molecule has 0 saturated carbocycles. The molecule has 0 aliphatic heterocycles. The predicted molar refractivity (Wildman–Crippen MR) is 161 cm³/mol. The van der Waals surface area contributed by atoms with Gasteiger partial charge in [-0.3, -0.25) is 0 Å². The largest absolute Gasteiger partial charge is 0.342 e. The van der Waals surface area contributed by atoms with E-state index in [1.165, 1.54) is 0 Å². The molecule has 6 rings (SSSR count). The molecule has 0 amide bonds. The molecule has 190 valence electrons. The van der Waals surface area contributed by atoms with Gasteiger partial charge in [0.1, 0.15) is 6.07 Å². The Labute approximate surface area is 240 Å². The zero-order valence-corrected chi connectivity index (χ0v) is 22.9. The standard InChI is InChI=1S/C32H21Cl3N4/c33-25-12-9-21(10-13-25)18-39-31-8-4-2-6-29(31)37-32(39)23(17-36)15-24-20-38(30-7-3-1-5-27(24)30)19-22-11-14-26(34)16-28(22)35/h1-16,20H,18-19H2/b23-15+. The first kappa shape index (κ1) is 25.3. The second-order valence-corrected chi connectivity index (χ2v) is 10.6. The van der Waals surface area contributed by atoms with Gasteiger partial charge in [-0.15, -0.1) is 0 Å². The maximum Gasteiger partial charge on any atom is 0.152 e. The van der Waals surface area contributed by atoms with Crippen LogP contribution in [0, 0.1) is 11.3 Å². The van der Waals surface area contributed by atoms with Crippen LogP contribution in [-0.4, -0.2) is 14.1 Å². The highest BCUT2D eigenvalue weighted by molar-refractivity contribution is 6.35. The number of fused-ring (bicyclic) bond motifs is 2. The van der Waals surface area contributed by atoms with Gasteiger partial charge < -0.3 is 9.13 Å². The Kier molecular flexibility index (Phi) is 6.89. The number of halogens is 3. The molecule has 4 nitrogen and oxygen atoms in total. The summed E-state index contributed by atoms with van der Waals surface area (Å²) in [6.45, 7) is 1.13. The highest BCUT2D eigenvalue weighted by Crippen LogP contribution is 2.30. The fraction of sp³-hybridized carbons (Fsp3) is 0.0625. The van der Waals surface area contributed by atoms with E-state index in [0.717, 1.165) is 38.6 Å². The molecule has 0 atom stereocenters. The van der Waals surface area contributed by atoms with Crippen molar-refractivity contribution < 1.29 is 0 Å². The maximum atomic E-state index is 10.3. The van der Waals surface area contributed by atoms with Crippen molar-refractivity contribution in [1.82, 2.24) is 14.1 Å². The molecule has 0 bridgehead atoms. The van der Waals surface area contributed by atoms with Crippen LogP contribution in [0.15, 0.2) is 97.2 Å². The van der Waals surface area contributed by atoms with Gasteiger partial charge in [0.25, 0.3) is 0 Å². The van der Waals surface area contributed by atoms with Crippen LogP contribution in [0.1, 0.15) is 22.5 Å². The van der Waals surface area contributed by atoms with Gasteiger partial charge in [0.15, 0.2) is 5.82 Å². The molecular formula is C32H21Cl3N4. The number of para-hydroxylation sites is 3. The summed E-state index contributed by atoms with van der Waals surface area (Å²) < 4.78 is 4.22. The smallest absolute Gasteiger partial charge is 0.152 e. The molecule has 0 N–H and O–H groups in total. The van der Waals surface area contributed by atoms with Gasteiger partial charge in [0, 0.05) is 50.8 Å². The fourth-order valence-corrected chi connectivity index (χ4v) is 5.46. The second-order valence-electron chi connectivity index (χ2n) is 9.27. The highest BCUT2D eigenvalue weighted by atomic mass is 35.5. The number of benzene rings is 4. The minimum atomic E-state index is 0.479. The van der Waals surface area contributed by atoms with Crippen LogP contribution in [-0.2, 0) is 13.1 Å². The molecule has 7 heteroatoms. The summed E-state index contributed by atoms with van der Waals surface area (Å²) in [4.78, 5) is 4.88. The van der Waals surface area contributed by atoms with Crippen LogP contribution in [0.3, 0.4) is 0 Å². The number of hydrogen-bond donors (Lipinski definition) is 0. The van der Waals surface area contributed by atoms with Gasteiger partial charge in [0.2, 0.25) is 0 Å². The minimum Gasteiger partial charge on any atom is -0.342 e. The number of nitrogens with zero attached hydrogens (tertiary/aromatic N) is 4. The van der Waals surface area contributed by atoms with E-state index in [-0.39, 0.29) is 0 Å². The molecule has 0 spiro atoms. The van der Waals surface area contributed by atoms with Crippen molar-refractivity contribution in [2.24, 2.45) is 0 Å². The molecular weight excluding hydrogens is 547 g/mol. The van der Waals surface area contributed by atoms with Crippen molar-refractivity contribution in [2.75, 3.05) is 0 Å². The average Bonchev–Trinajstić information content (AvgIpc) is 3.48. The Balaban J connectivity index is 1.47. The number of rotatable bonds is 6. The Morgan fingerprint density at radius 1 is 0.821 bits per heavy atom. The van der Waals surface area contributed by atoms with Crippen molar-refractivity contribution in [3.8, 4) is 6.07 Å². The fourth-order valence-electron chi connectivity index (χ4n) is 4.87.